The Labute approximate surface area is 241 Å². The molecule has 1 atom stereocenters. The normalized spacial score (nSPS) is 17.0. The Morgan fingerprint density at radius 1 is 1.18 bits per heavy atom. The highest BCUT2D eigenvalue weighted by molar-refractivity contribution is 6.36. The van der Waals surface area contributed by atoms with Crippen LogP contribution in [0.5, 0.6) is 5.75 Å². The maximum Gasteiger partial charge on any atom is 0.242 e. The average molecular weight is 586 g/mol. The van der Waals surface area contributed by atoms with Crippen LogP contribution in [-0.2, 0) is 15.0 Å². The summed E-state index contributed by atoms with van der Waals surface area (Å²) in [5, 5.41) is 3.16. The van der Waals surface area contributed by atoms with Gasteiger partial charge in [0.1, 0.15) is 11.9 Å². The molecule has 1 spiro atoms. The van der Waals surface area contributed by atoms with Crippen LogP contribution in [0.2, 0.25) is 10.0 Å². The van der Waals surface area contributed by atoms with E-state index in [0.29, 0.717) is 37.1 Å². The Kier molecular flexibility index (Phi) is 7.18. The maximum atomic E-state index is 14.1. The molecule has 11 heteroatoms. The summed E-state index contributed by atoms with van der Waals surface area (Å²) in [4.78, 5) is 32.0. The zero-order valence-corrected chi connectivity index (χ0v) is 23.9. The number of aromatic nitrogens is 1. The Bertz CT molecular complexity index is 1520. The number of anilines is 2. The smallest absolute Gasteiger partial charge is 0.242 e. The number of amides is 2. The first kappa shape index (κ1) is 28.1. The van der Waals surface area contributed by atoms with Crippen molar-refractivity contribution in [1.29, 1.82) is 0 Å². The lowest BCUT2D eigenvalue weighted by molar-refractivity contribution is -0.139. The molecule has 40 heavy (non-hydrogen) atoms. The van der Waals surface area contributed by atoms with Gasteiger partial charge in [0.2, 0.25) is 11.8 Å². The van der Waals surface area contributed by atoms with Gasteiger partial charge in [-0.3, -0.25) is 9.59 Å². The second kappa shape index (κ2) is 10.2. The number of benzene rings is 2. The van der Waals surface area contributed by atoms with Crippen LogP contribution in [0.1, 0.15) is 50.8 Å². The number of ether oxygens (including phenoxy) is 1. The van der Waals surface area contributed by atoms with Gasteiger partial charge in [-0.1, -0.05) is 29.3 Å². The molecule has 0 unspecified atom stereocenters. The lowest BCUT2D eigenvalue weighted by Gasteiger charge is -2.40. The zero-order valence-electron chi connectivity index (χ0n) is 22.4. The van der Waals surface area contributed by atoms with Gasteiger partial charge in [0.15, 0.2) is 11.6 Å². The summed E-state index contributed by atoms with van der Waals surface area (Å²) < 4.78 is 20.1. The predicted octanol–water partition coefficient (Wildman–Crippen LogP) is 5.47. The van der Waals surface area contributed by atoms with Crippen molar-refractivity contribution in [2.24, 2.45) is 5.73 Å². The number of pyridine rings is 1. The second-order valence-electron chi connectivity index (χ2n) is 10.9. The number of fused-ring (bicyclic) bond motifs is 2. The van der Waals surface area contributed by atoms with Crippen molar-refractivity contribution >= 4 is 46.5 Å². The minimum absolute atomic E-state index is 0.0733. The van der Waals surface area contributed by atoms with Gasteiger partial charge in [-0.25, -0.2) is 9.37 Å². The lowest BCUT2D eigenvalue weighted by Crippen LogP contribution is -2.56. The first-order chi connectivity index (χ1) is 18.8. The van der Waals surface area contributed by atoms with E-state index in [4.69, 9.17) is 39.4 Å². The van der Waals surface area contributed by atoms with Crippen molar-refractivity contribution in [3.05, 3.63) is 69.6 Å². The third kappa shape index (κ3) is 4.87. The number of nitrogens with zero attached hydrogens (tertiary/aromatic N) is 2. The van der Waals surface area contributed by atoms with Crippen LogP contribution < -0.4 is 21.5 Å². The highest BCUT2D eigenvalue weighted by Gasteiger charge is 2.49. The predicted molar refractivity (Wildman–Crippen MR) is 154 cm³/mol. The molecule has 1 fully saturated rings. The van der Waals surface area contributed by atoms with Gasteiger partial charge in [0.25, 0.3) is 0 Å². The van der Waals surface area contributed by atoms with E-state index >= 15 is 0 Å². The van der Waals surface area contributed by atoms with Gasteiger partial charge >= 0.3 is 0 Å². The molecule has 2 amide bonds. The third-order valence-corrected chi connectivity index (χ3v) is 8.39. The van der Waals surface area contributed by atoms with E-state index in [0.717, 1.165) is 16.8 Å². The van der Waals surface area contributed by atoms with Crippen molar-refractivity contribution in [3.63, 3.8) is 0 Å². The summed E-state index contributed by atoms with van der Waals surface area (Å²) in [6.07, 6.45) is 1.88. The lowest BCUT2D eigenvalue weighted by atomic mass is 9.73. The standard InChI is InChI=1S/C29H30Cl2FN5O3/c1-15(23-19(30)5-6-20(32)24(23)31)40-22-13-17(14-35-25(22)33)16-4-7-21-18(12-16)29(26(38)36-21)8-10-37(11-9-29)27(39)28(2,3)34/h4-7,12-15H,8-11,34H2,1-3H3,(H2,33,35)(H,36,38)/t15-/m1/s1. The number of piperidine rings is 1. The number of hydrogen-bond acceptors (Lipinski definition) is 6. The summed E-state index contributed by atoms with van der Waals surface area (Å²) in [5.41, 5.74) is 13.9. The Morgan fingerprint density at radius 2 is 1.88 bits per heavy atom. The maximum absolute atomic E-state index is 14.1. The fourth-order valence-electron chi connectivity index (χ4n) is 5.46. The largest absolute Gasteiger partial charge is 0.482 e. The minimum atomic E-state index is -0.974. The van der Waals surface area contributed by atoms with E-state index in [-0.39, 0.29) is 33.4 Å². The number of halogens is 3. The monoisotopic (exact) mass is 585 g/mol. The van der Waals surface area contributed by atoms with Gasteiger partial charge in [0, 0.05) is 41.1 Å². The molecule has 1 saturated heterocycles. The van der Waals surface area contributed by atoms with Gasteiger partial charge in [-0.05, 0) is 75.1 Å². The first-order valence-electron chi connectivity index (χ1n) is 12.9. The Morgan fingerprint density at radius 3 is 2.55 bits per heavy atom. The van der Waals surface area contributed by atoms with Crippen LogP contribution in [0.15, 0.2) is 42.6 Å². The minimum Gasteiger partial charge on any atom is -0.482 e. The van der Waals surface area contributed by atoms with E-state index in [1.807, 2.05) is 18.2 Å². The number of carbonyl (C=O) groups excluding carboxylic acids is 2. The average Bonchev–Trinajstić information content (AvgIpc) is 3.17. The molecule has 0 bridgehead atoms. The SMILES string of the molecule is C[C@@H](Oc1cc(-c2ccc3c(c2)C2(CCN(C(=O)C(C)(C)N)CC2)C(=O)N3)cnc1N)c1c(Cl)ccc(F)c1Cl. The molecule has 3 heterocycles. The number of nitrogens with two attached hydrogens (primary N) is 2. The Balaban J connectivity index is 1.43. The molecule has 0 aliphatic carbocycles. The number of nitrogen functional groups attached to an aromatic ring is 1. The fourth-order valence-corrected chi connectivity index (χ4v) is 6.14. The number of nitrogens with one attached hydrogen (secondary N) is 1. The number of rotatable bonds is 5. The van der Waals surface area contributed by atoms with Gasteiger partial charge < -0.3 is 26.4 Å². The molecule has 210 valence electrons. The van der Waals surface area contributed by atoms with Crippen molar-refractivity contribution in [3.8, 4) is 16.9 Å². The molecular formula is C29H30Cl2FN5O3. The molecule has 5 N–H and O–H groups in total. The Hall–Kier alpha value is -3.40. The quantitative estimate of drug-likeness (QED) is 0.341. The van der Waals surface area contributed by atoms with Crippen LogP contribution in [-0.4, -0.2) is 40.3 Å². The van der Waals surface area contributed by atoms with Gasteiger partial charge in [0.05, 0.1) is 16.0 Å². The number of hydrogen-bond donors (Lipinski definition) is 3. The van der Waals surface area contributed by atoms with E-state index in [9.17, 15) is 14.0 Å². The summed E-state index contributed by atoms with van der Waals surface area (Å²) in [5.74, 6) is -0.384. The summed E-state index contributed by atoms with van der Waals surface area (Å²) >= 11 is 12.4. The topological polar surface area (TPSA) is 124 Å². The third-order valence-electron chi connectivity index (χ3n) is 7.68. The van der Waals surface area contributed by atoms with Crippen molar-refractivity contribution in [2.75, 3.05) is 24.1 Å². The van der Waals surface area contributed by atoms with Gasteiger partial charge in [-0.15, -0.1) is 0 Å². The number of likely N-dealkylation sites (tertiary alicyclic amines) is 1. The van der Waals surface area contributed by atoms with Crippen LogP contribution >= 0.6 is 23.2 Å². The summed E-state index contributed by atoms with van der Waals surface area (Å²) in [6.45, 7) is 5.93. The summed E-state index contributed by atoms with van der Waals surface area (Å²) in [6, 6.07) is 10.1. The molecule has 2 aliphatic rings. The fraction of sp³-hybridized carbons (Fsp3) is 0.345. The van der Waals surface area contributed by atoms with E-state index in [1.54, 1.807) is 37.9 Å². The van der Waals surface area contributed by atoms with Crippen molar-refractivity contribution in [2.45, 2.75) is 50.7 Å². The highest BCUT2D eigenvalue weighted by Crippen LogP contribution is 2.47. The van der Waals surface area contributed by atoms with Crippen LogP contribution in [0, 0.1) is 5.82 Å². The molecule has 2 aliphatic heterocycles. The molecular weight excluding hydrogens is 556 g/mol. The molecule has 5 rings (SSSR count). The molecule has 0 radical (unpaired) electrons. The van der Waals surface area contributed by atoms with E-state index in [1.165, 1.54) is 12.1 Å². The molecule has 8 nitrogen and oxygen atoms in total. The van der Waals surface area contributed by atoms with E-state index in [2.05, 4.69) is 10.3 Å². The van der Waals surface area contributed by atoms with Crippen LogP contribution in [0.3, 0.4) is 0 Å². The first-order valence-corrected chi connectivity index (χ1v) is 13.7. The zero-order chi connectivity index (χ0) is 29.0. The number of carbonyl (C=O) groups is 2. The van der Waals surface area contributed by atoms with Crippen LogP contribution in [0.4, 0.5) is 15.9 Å². The molecule has 2 aromatic carbocycles. The summed E-state index contributed by atoms with van der Waals surface area (Å²) in [7, 11) is 0. The highest BCUT2D eigenvalue weighted by atomic mass is 35.5. The van der Waals surface area contributed by atoms with Crippen molar-refractivity contribution in [1.82, 2.24) is 9.88 Å². The van der Waals surface area contributed by atoms with Gasteiger partial charge in [-0.2, -0.15) is 0 Å². The van der Waals surface area contributed by atoms with E-state index < -0.39 is 22.9 Å². The molecule has 0 saturated carbocycles. The molecule has 3 aromatic rings. The molecule has 1 aromatic heterocycles. The second-order valence-corrected chi connectivity index (χ2v) is 11.7. The van der Waals surface area contributed by atoms with Crippen molar-refractivity contribution < 1.29 is 18.7 Å². The van der Waals surface area contributed by atoms with Crippen LogP contribution in [0.25, 0.3) is 11.1 Å².